The van der Waals surface area contributed by atoms with Crippen LogP contribution in [0.25, 0.3) is 6.08 Å². The average molecular weight is 260 g/mol. The Labute approximate surface area is 114 Å². The van der Waals surface area contributed by atoms with Gasteiger partial charge in [0.2, 0.25) is 0 Å². The van der Waals surface area contributed by atoms with Crippen molar-refractivity contribution < 1.29 is 14.3 Å². The van der Waals surface area contributed by atoms with Crippen molar-refractivity contribution in [3.8, 4) is 0 Å². The number of hydrogen-bond donors (Lipinski definition) is 0. The van der Waals surface area contributed by atoms with E-state index in [0.717, 1.165) is 18.4 Å². The molecule has 0 heterocycles. The zero-order valence-electron chi connectivity index (χ0n) is 11.1. The Morgan fingerprint density at radius 1 is 1.16 bits per heavy atom. The van der Waals surface area contributed by atoms with Crippen LogP contribution in [0.15, 0.2) is 49.2 Å². The third-order valence-electron chi connectivity index (χ3n) is 2.43. The van der Waals surface area contributed by atoms with Gasteiger partial charge in [0.05, 0.1) is 25.9 Å². The van der Waals surface area contributed by atoms with E-state index < -0.39 is 0 Å². The molecule has 0 bridgehead atoms. The summed E-state index contributed by atoms with van der Waals surface area (Å²) < 4.78 is 10.1. The van der Waals surface area contributed by atoms with E-state index >= 15 is 0 Å². The summed E-state index contributed by atoms with van der Waals surface area (Å²) in [5, 5.41) is 0. The molecular weight excluding hydrogens is 240 g/mol. The number of esters is 1. The van der Waals surface area contributed by atoms with Crippen LogP contribution < -0.4 is 0 Å². The molecule has 1 rings (SSSR count). The summed E-state index contributed by atoms with van der Waals surface area (Å²) in [6.45, 7) is 4.51. The Morgan fingerprint density at radius 3 is 2.63 bits per heavy atom. The lowest BCUT2D eigenvalue weighted by molar-refractivity contribution is -0.142. The van der Waals surface area contributed by atoms with Gasteiger partial charge < -0.3 is 9.47 Å². The second-order valence-corrected chi connectivity index (χ2v) is 3.98. The van der Waals surface area contributed by atoms with Gasteiger partial charge in [0, 0.05) is 0 Å². The first-order chi connectivity index (χ1) is 9.33. The van der Waals surface area contributed by atoms with Crippen LogP contribution in [0.4, 0.5) is 0 Å². The van der Waals surface area contributed by atoms with Gasteiger partial charge in [-0.1, -0.05) is 49.1 Å². The van der Waals surface area contributed by atoms with Gasteiger partial charge in [0.25, 0.3) is 0 Å². The van der Waals surface area contributed by atoms with Crippen LogP contribution >= 0.6 is 0 Å². The monoisotopic (exact) mass is 260 g/mol. The summed E-state index contributed by atoms with van der Waals surface area (Å²) in [6, 6.07) is 9.86. The maximum Gasteiger partial charge on any atom is 0.309 e. The molecule has 1 aromatic carbocycles. The molecule has 0 aliphatic rings. The lowest BCUT2D eigenvalue weighted by Crippen LogP contribution is -2.05. The Balaban J connectivity index is 2.08. The maximum atomic E-state index is 11.4. The fraction of sp³-hybridized carbons (Fsp3) is 0.312. The van der Waals surface area contributed by atoms with Crippen LogP contribution in [-0.4, -0.2) is 19.2 Å². The number of carbonyl (C=O) groups excluding carboxylic acids is 1. The molecule has 3 nitrogen and oxygen atoms in total. The zero-order valence-corrected chi connectivity index (χ0v) is 11.1. The van der Waals surface area contributed by atoms with Crippen LogP contribution in [0.5, 0.6) is 0 Å². The summed E-state index contributed by atoms with van der Waals surface area (Å²) in [5.41, 5.74) is 1.08. The third-order valence-corrected chi connectivity index (χ3v) is 2.43. The maximum absolute atomic E-state index is 11.4. The Kier molecular flexibility index (Phi) is 7.87. The molecular formula is C16H20O3. The van der Waals surface area contributed by atoms with Crippen molar-refractivity contribution >= 4 is 12.0 Å². The first-order valence-corrected chi connectivity index (χ1v) is 6.42. The lowest BCUT2D eigenvalue weighted by Gasteiger charge is -2.03. The molecule has 0 aliphatic heterocycles. The molecule has 3 heteroatoms. The predicted molar refractivity (Wildman–Crippen MR) is 76.4 cm³/mol. The number of unbranched alkanes of at least 4 members (excludes halogenated alkanes) is 1. The van der Waals surface area contributed by atoms with E-state index in [0.29, 0.717) is 19.6 Å². The molecule has 0 aromatic heterocycles. The van der Waals surface area contributed by atoms with Crippen molar-refractivity contribution in [3.63, 3.8) is 0 Å². The minimum Gasteiger partial charge on any atom is -0.502 e. The van der Waals surface area contributed by atoms with E-state index in [1.54, 1.807) is 0 Å². The van der Waals surface area contributed by atoms with Crippen molar-refractivity contribution in [2.75, 3.05) is 13.2 Å². The van der Waals surface area contributed by atoms with E-state index in [9.17, 15) is 4.79 Å². The molecule has 0 radical (unpaired) electrons. The highest BCUT2D eigenvalue weighted by Crippen LogP contribution is 2.02. The minimum absolute atomic E-state index is 0.197. The Morgan fingerprint density at radius 2 is 1.89 bits per heavy atom. The number of benzene rings is 1. The van der Waals surface area contributed by atoms with Crippen molar-refractivity contribution in [2.45, 2.75) is 19.3 Å². The largest absolute Gasteiger partial charge is 0.502 e. The van der Waals surface area contributed by atoms with Crippen LogP contribution in [-0.2, 0) is 14.3 Å². The predicted octanol–water partition coefficient (Wildman–Crippen LogP) is 3.57. The standard InChI is InChI=1S/C16H20O3/c1-2-18-13-6-7-14-19-16(17)12-8-11-15-9-4-3-5-10-15/h2-5,8-11H,1,6-7,12-14H2. The highest BCUT2D eigenvalue weighted by molar-refractivity contribution is 5.72. The summed E-state index contributed by atoms with van der Waals surface area (Å²) in [6.07, 6.45) is 7.12. The average Bonchev–Trinajstić information content (AvgIpc) is 2.44. The van der Waals surface area contributed by atoms with Gasteiger partial charge in [-0.3, -0.25) is 4.79 Å². The SMILES string of the molecule is C=COCCCCOC(=O)CC=Cc1ccccc1. The van der Waals surface area contributed by atoms with Crippen molar-refractivity contribution in [2.24, 2.45) is 0 Å². The fourth-order valence-corrected chi connectivity index (χ4v) is 1.47. The normalized spacial score (nSPS) is 10.3. The highest BCUT2D eigenvalue weighted by atomic mass is 16.5. The van der Waals surface area contributed by atoms with Gasteiger partial charge >= 0.3 is 5.97 Å². The third kappa shape index (κ3) is 7.82. The molecule has 0 N–H and O–H groups in total. The number of hydrogen-bond acceptors (Lipinski definition) is 3. The number of rotatable bonds is 9. The molecule has 0 fully saturated rings. The highest BCUT2D eigenvalue weighted by Gasteiger charge is 1.99. The zero-order chi connectivity index (χ0) is 13.8. The topological polar surface area (TPSA) is 35.5 Å². The van der Waals surface area contributed by atoms with Crippen LogP contribution in [0.3, 0.4) is 0 Å². The molecule has 0 unspecified atom stereocenters. The van der Waals surface area contributed by atoms with Crippen molar-refractivity contribution in [3.05, 3.63) is 54.8 Å². The van der Waals surface area contributed by atoms with E-state index in [1.165, 1.54) is 6.26 Å². The Bertz CT molecular complexity index is 396. The molecule has 1 aromatic rings. The van der Waals surface area contributed by atoms with Gasteiger partial charge in [0.15, 0.2) is 0 Å². The first-order valence-electron chi connectivity index (χ1n) is 6.42. The molecule has 0 amide bonds. The van der Waals surface area contributed by atoms with E-state index in [2.05, 4.69) is 6.58 Å². The van der Waals surface area contributed by atoms with Crippen molar-refractivity contribution in [1.29, 1.82) is 0 Å². The molecule has 102 valence electrons. The smallest absolute Gasteiger partial charge is 0.309 e. The summed E-state index contributed by atoms with van der Waals surface area (Å²) in [7, 11) is 0. The quantitative estimate of drug-likeness (QED) is 0.387. The van der Waals surface area contributed by atoms with Crippen LogP contribution in [0.2, 0.25) is 0 Å². The van der Waals surface area contributed by atoms with Gasteiger partial charge in [0.1, 0.15) is 0 Å². The minimum atomic E-state index is -0.197. The van der Waals surface area contributed by atoms with E-state index in [4.69, 9.17) is 9.47 Å². The summed E-state index contributed by atoms with van der Waals surface area (Å²) >= 11 is 0. The molecule has 19 heavy (non-hydrogen) atoms. The van der Waals surface area contributed by atoms with Crippen LogP contribution in [0.1, 0.15) is 24.8 Å². The van der Waals surface area contributed by atoms with E-state index in [-0.39, 0.29) is 5.97 Å². The second kappa shape index (κ2) is 9.95. The van der Waals surface area contributed by atoms with Crippen molar-refractivity contribution in [1.82, 2.24) is 0 Å². The lowest BCUT2D eigenvalue weighted by atomic mass is 10.2. The molecule has 0 saturated carbocycles. The first kappa shape index (κ1) is 15.0. The summed E-state index contributed by atoms with van der Waals surface area (Å²) in [5.74, 6) is -0.197. The summed E-state index contributed by atoms with van der Waals surface area (Å²) in [4.78, 5) is 11.4. The van der Waals surface area contributed by atoms with E-state index in [1.807, 2.05) is 42.5 Å². The van der Waals surface area contributed by atoms with Gasteiger partial charge in [-0.2, -0.15) is 0 Å². The fourth-order valence-electron chi connectivity index (χ4n) is 1.47. The molecule has 0 saturated heterocycles. The molecule has 0 spiro atoms. The molecule has 0 atom stereocenters. The van der Waals surface area contributed by atoms with Gasteiger partial charge in [-0.15, -0.1) is 0 Å². The second-order valence-electron chi connectivity index (χ2n) is 3.98. The van der Waals surface area contributed by atoms with Gasteiger partial charge in [-0.05, 0) is 18.4 Å². The molecule has 0 aliphatic carbocycles. The Hall–Kier alpha value is -2.03. The van der Waals surface area contributed by atoms with Crippen LogP contribution in [0, 0.1) is 0 Å². The van der Waals surface area contributed by atoms with Gasteiger partial charge in [-0.25, -0.2) is 0 Å². The number of ether oxygens (including phenoxy) is 2. The number of carbonyl (C=O) groups is 1.